The van der Waals surface area contributed by atoms with E-state index in [1.807, 2.05) is 7.05 Å². The first-order chi connectivity index (χ1) is 12.5. The van der Waals surface area contributed by atoms with Crippen molar-refractivity contribution >= 4 is 17.3 Å². The quantitative estimate of drug-likeness (QED) is 0.430. The summed E-state index contributed by atoms with van der Waals surface area (Å²) in [4.78, 5) is 19.5. The lowest BCUT2D eigenvalue weighted by molar-refractivity contribution is 0.100. The molecule has 0 atom stereocenters. The third kappa shape index (κ3) is 4.18. The number of carbonyl (C=O) groups excluding carboxylic acids is 1. The molecule has 26 heavy (non-hydrogen) atoms. The fourth-order valence-electron chi connectivity index (χ4n) is 4.65. The number of rotatable bonds is 5. The van der Waals surface area contributed by atoms with E-state index < -0.39 is 0 Å². The molecule has 1 heterocycles. The van der Waals surface area contributed by atoms with E-state index >= 15 is 0 Å². The summed E-state index contributed by atoms with van der Waals surface area (Å²) in [7, 11) is 4.00. The van der Waals surface area contributed by atoms with Gasteiger partial charge >= 0.3 is 0 Å². The summed E-state index contributed by atoms with van der Waals surface area (Å²) in [5, 5.41) is 4.71. The summed E-state index contributed by atoms with van der Waals surface area (Å²) >= 11 is 0. The molecule has 0 amide bonds. The molecule has 0 aliphatic heterocycles. The first-order valence-electron chi connectivity index (χ1n) is 10.3. The fraction of sp³-hybridized carbons (Fsp3) is 0.762. The smallest absolute Gasteiger partial charge is 0.180 e. The van der Waals surface area contributed by atoms with Gasteiger partial charge in [0, 0.05) is 33.5 Å². The van der Waals surface area contributed by atoms with Gasteiger partial charge in [-0.3, -0.25) is 9.48 Å². The first-order valence-corrected chi connectivity index (χ1v) is 10.3. The van der Waals surface area contributed by atoms with Crippen LogP contribution >= 0.6 is 0 Å². The van der Waals surface area contributed by atoms with E-state index in [9.17, 15) is 4.79 Å². The molecule has 2 saturated carbocycles. The van der Waals surface area contributed by atoms with Gasteiger partial charge in [-0.05, 0) is 38.5 Å². The summed E-state index contributed by atoms with van der Waals surface area (Å²) in [6.45, 7) is 4.75. The number of hydrogen-bond donors (Lipinski definition) is 0. The van der Waals surface area contributed by atoms with Crippen LogP contribution in [0.15, 0.2) is 4.99 Å². The maximum atomic E-state index is 12.2. The molecule has 2 fully saturated rings. The van der Waals surface area contributed by atoms with E-state index in [-0.39, 0.29) is 5.78 Å². The van der Waals surface area contributed by atoms with Gasteiger partial charge in [0.05, 0.1) is 5.69 Å². The molecule has 0 spiro atoms. The molecule has 0 saturated heterocycles. The van der Waals surface area contributed by atoms with Gasteiger partial charge in [-0.2, -0.15) is 5.10 Å². The van der Waals surface area contributed by atoms with E-state index in [4.69, 9.17) is 10.1 Å². The first kappa shape index (κ1) is 19.1. The molecule has 0 unspecified atom stereocenters. The number of Topliss-reactive ketones (excluding diaryl/α,β-unsaturated/α-hetero) is 1. The average molecular weight is 359 g/mol. The van der Waals surface area contributed by atoms with Crippen LogP contribution in [0.25, 0.3) is 0 Å². The Bertz CT molecular complexity index is 664. The van der Waals surface area contributed by atoms with E-state index in [1.54, 1.807) is 11.6 Å². The third-order valence-corrected chi connectivity index (χ3v) is 6.21. The minimum atomic E-state index is 0.0470. The molecule has 3 rings (SSSR count). The highest BCUT2D eigenvalue weighted by molar-refractivity contribution is 5.99. The predicted molar refractivity (Wildman–Crippen MR) is 106 cm³/mol. The number of nitrogens with zero attached hydrogens (tertiary/aromatic N) is 4. The van der Waals surface area contributed by atoms with Gasteiger partial charge in [0.1, 0.15) is 17.2 Å². The van der Waals surface area contributed by atoms with Gasteiger partial charge in [-0.15, -0.1) is 0 Å². The Morgan fingerprint density at radius 2 is 1.73 bits per heavy atom. The van der Waals surface area contributed by atoms with Crippen LogP contribution in [0.2, 0.25) is 0 Å². The molecule has 0 radical (unpaired) electrons. The van der Waals surface area contributed by atoms with Crippen molar-refractivity contribution in [1.29, 1.82) is 0 Å². The Balaban J connectivity index is 1.85. The number of hydrogen-bond acceptors (Lipinski definition) is 3. The predicted octanol–water partition coefficient (Wildman–Crippen LogP) is 4.84. The topological polar surface area (TPSA) is 50.5 Å². The molecule has 2 aliphatic rings. The number of amidine groups is 1. The highest BCUT2D eigenvalue weighted by Gasteiger charge is 2.28. The van der Waals surface area contributed by atoms with Crippen LogP contribution in [0.5, 0.6) is 0 Å². The summed E-state index contributed by atoms with van der Waals surface area (Å²) < 4.78 is 1.74. The average Bonchev–Trinajstić information content (AvgIpc) is 3.23. The van der Waals surface area contributed by atoms with Gasteiger partial charge in [0.2, 0.25) is 0 Å². The lowest BCUT2D eigenvalue weighted by Gasteiger charge is -2.28. The molecule has 144 valence electrons. The Kier molecular flexibility index (Phi) is 6.15. The molecule has 5 nitrogen and oxygen atoms in total. The monoisotopic (exact) mass is 358 g/mol. The number of aliphatic imine (C=N–C) groups is 1. The van der Waals surface area contributed by atoms with Crippen molar-refractivity contribution in [2.75, 3.05) is 13.6 Å². The van der Waals surface area contributed by atoms with Crippen molar-refractivity contribution in [3.05, 3.63) is 11.4 Å². The molecule has 0 bridgehead atoms. The second-order valence-electron chi connectivity index (χ2n) is 8.29. The van der Waals surface area contributed by atoms with Crippen LogP contribution in [0.1, 0.15) is 93.7 Å². The fourth-order valence-corrected chi connectivity index (χ4v) is 4.65. The van der Waals surface area contributed by atoms with Crippen LogP contribution in [0.3, 0.4) is 0 Å². The number of aryl methyl sites for hydroxylation is 1. The third-order valence-electron chi connectivity index (χ3n) is 6.21. The molecule has 1 aromatic heterocycles. The van der Waals surface area contributed by atoms with E-state index in [0.717, 1.165) is 42.5 Å². The van der Waals surface area contributed by atoms with Crippen molar-refractivity contribution in [2.45, 2.75) is 77.6 Å². The van der Waals surface area contributed by atoms with Crippen LogP contribution in [-0.4, -0.2) is 39.9 Å². The van der Waals surface area contributed by atoms with Crippen molar-refractivity contribution in [3.8, 4) is 0 Å². The number of aromatic nitrogens is 2. The van der Waals surface area contributed by atoms with E-state index in [0.29, 0.717) is 11.6 Å². The molecular formula is C21H34N4O. The normalized spacial score (nSPS) is 19.9. The summed E-state index contributed by atoms with van der Waals surface area (Å²) in [6.07, 6.45) is 11.6. The molecule has 0 aromatic carbocycles. The zero-order valence-electron chi connectivity index (χ0n) is 16.9. The van der Waals surface area contributed by atoms with Crippen LogP contribution in [0.4, 0.5) is 5.69 Å². The van der Waals surface area contributed by atoms with Gasteiger partial charge in [0.15, 0.2) is 5.78 Å². The van der Waals surface area contributed by atoms with Crippen molar-refractivity contribution in [2.24, 2.45) is 18.0 Å². The largest absolute Gasteiger partial charge is 0.363 e. The SMILES string of the molecule is CC(=O)c1c(N=C(C)N(C)CC2CCCCC2)c(C2CCCC2)nn1C. The van der Waals surface area contributed by atoms with Crippen LogP contribution < -0.4 is 0 Å². The Labute approximate surface area is 157 Å². The maximum absolute atomic E-state index is 12.2. The van der Waals surface area contributed by atoms with Crippen molar-refractivity contribution < 1.29 is 4.79 Å². The minimum absolute atomic E-state index is 0.0470. The summed E-state index contributed by atoms with van der Waals surface area (Å²) in [6, 6.07) is 0. The maximum Gasteiger partial charge on any atom is 0.180 e. The van der Waals surface area contributed by atoms with Gasteiger partial charge in [0.25, 0.3) is 0 Å². The highest BCUT2D eigenvalue weighted by atomic mass is 16.1. The van der Waals surface area contributed by atoms with E-state index in [1.165, 1.54) is 44.9 Å². The van der Waals surface area contributed by atoms with Crippen LogP contribution in [0, 0.1) is 5.92 Å². The lowest BCUT2D eigenvalue weighted by atomic mass is 9.89. The zero-order valence-corrected chi connectivity index (χ0v) is 16.9. The summed E-state index contributed by atoms with van der Waals surface area (Å²) in [5.74, 6) is 2.26. The zero-order chi connectivity index (χ0) is 18.7. The molecular weight excluding hydrogens is 324 g/mol. The Hall–Kier alpha value is -1.65. The Morgan fingerprint density at radius 1 is 1.12 bits per heavy atom. The van der Waals surface area contributed by atoms with Gasteiger partial charge < -0.3 is 4.90 Å². The molecule has 5 heteroatoms. The summed E-state index contributed by atoms with van der Waals surface area (Å²) in [5.41, 5.74) is 2.50. The minimum Gasteiger partial charge on any atom is -0.363 e. The molecule has 2 aliphatic carbocycles. The van der Waals surface area contributed by atoms with Crippen molar-refractivity contribution in [1.82, 2.24) is 14.7 Å². The lowest BCUT2D eigenvalue weighted by Crippen LogP contribution is -2.31. The van der Waals surface area contributed by atoms with E-state index in [2.05, 4.69) is 18.9 Å². The standard InChI is InChI=1S/C21H34N4O/c1-15(26)21-20(19(23-25(21)4)18-12-8-9-13-18)22-16(2)24(3)14-17-10-6-5-7-11-17/h17-18H,5-14H2,1-4H3. The number of ketones is 1. The van der Waals surface area contributed by atoms with Crippen LogP contribution in [-0.2, 0) is 7.05 Å². The molecule has 0 N–H and O–H groups in total. The Morgan fingerprint density at radius 3 is 2.35 bits per heavy atom. The highest BCUT2D eigenvalue weighted by Crippen LogP contribution is 2.40. The van der Waals surface area contributed by atoms with Gasteiger partial charge in [-0.1, -0.05) is 32.1 Å². The second kappa shape index (κ2) is 8.36. The van der Waals surface area contributed by atoms with Crippen molar-refractivity contribution in [3.63, 3.8) is 0 Å². The second-order valence-corrected chi connectivity index (χ2v) is 8.29. The van der Waals surface area contributed by atoms with Gasteiger partial charge in [-0.25, -0.2) is 4.99 Å². The number of carbonyl (C=O) groups is 1. The molecule has 1 aromatic rings.